The van der Waals surface area contributed by atoms with Crippen molar-refractivity contribution in [1.29, 1.82) is 0 Å². The van der Waals surface area contributed by atoms with E-state index >= 15 is 0 Å². The zero-order valence-corrected chi connectivity index (χ0v) is 19.8. The molecule has 0 N–H and O–H groups in total. The SMILES string of the molecule is CCC(C)c1ccc(-n2c(=O)c3ccccc3n3c(SCC(=O)c4ccccc4)nnc23)cc1. The van der Waals surface area contributed by atoms with Gasteiger partial charge in [0.1, 0.15) is 0 Å². The molecule has 0 aliphatic heterocycles. The van der Waals surface area contributed by atoms with Crippen LogP contribution in [0, 0.1) is 0 Å². The lowest BCUT2D eigenvalue weighted by atomic mass is 9.98. The maximum Gasteiger partial charge on any atom is 0.267 e. The van der Waals surface area contributed by atoms with Crippen LogP contribution in [0.3, 0.4) is 0 Å². The topological polar surface area (TPSA) is 69.3 Å². The van der Waals surface area contributed by atoms with E-state index in [-0.39, 0.29) is 17.1 Å². The van der Waals surface area contributed by atoms with Crippen molar-refractivity contribution >= 4 is 34.2 Å². The lowest BCUT2D eigenvalue weighted by molar-refractivity contribution is 0.102. The molecule has 0 radical (unpaired) electrons. The highest BCUT2D eigenvalue weighted by Crippen LogP contribution is 2.25. The fraction of sp³-hybridized carbons (Fsp3) is 0.185. The number of ketones is 1. The summed E-state index contributed by atoms with van der Waals surface area (Å²) >= 11 is 1.32. The van der Waals surface area contributed by atoms with Crippen LogP contribution in [0.15, 0.2) is 88.8 Å². The monoisotopic (exact) mass is 468 g/mol. The summed E-state index contributed by atoms with van der Waals surface area (Å²) in [5.74, 6) is 1.11. The largest absolute Gasteiger partial charge is 0.293 e. The van der Waals surface area contributed by atoms with Gasteiger partial charge in [-0.05, 0) is 42.2 Å². The van der Waals surface area contributed by atoms with Crippen LogP contribution < -0.4 is 5.56 Å². The average molecular weight is 469 g/mol. The van der Waals surface area contributed by atoms with Crippen molar-refractivity contribution in [3.05, 3.63) is 100 Å². The Bertz CT molecular complexity index is 1540. The molecule has 0 saturated carbocycles. The molecule has 0 bridgehead atoms. The van der Waals surface area contributed by atoms with Gasteiger partial charge in [-0.2, -0.15) is 0 Å². The number of nitrogens with zero attached hydrogens (tertiary/aromatic N) is 4. The minimum absolute atomic E-state index is 0.0145. The van der Waals surface area contributed by atoms with E-state index in [9.17, 15) is 9.59 Å². The number of aromatic nitrogens is 4. The zero-order chi connectivity index (χ0) is 23.7. The number of para-hydroxylation sites is 1. The van der Waals surface area contributed by atoms with E-state index in [1.165, 1.54) is 17.3 Å². The first-order valence-electron chi connectivity index (χ1n) is 11.3. The normalized spacial score (nSPS) is 12.3. The van der Waals surface area contributed by atoms with E-state index in [1.807, 2.05) is 59.0 Å². The van der Waals surface area contributed by atoms with Gasteiger partial charge in [0.2, 0.25) is 5.78 Å². The summed E-state index contributed by atoms with van der Waals surface area (Å²) in [6.07, 6.45) is 1.05. The summed E-state index contributed by atoms with van der Waals surface area (Å²) in [5, 5.41) is 9.87. The minimum Gasteiger partial charge on any atom is -0.293 e. The molecule has 7 heteroatoms. The summed E-state index contributed by atoms with van der Waals surface area (Å²) < 4.78 is 3.46. The van der Waals surface area contributed by atoms with Crippen LogP contribution in [-0.2, 0) is 0 Å². The molecular weight excluding hydrogens is 444 g/mol. The van der Waals surface area contributed by atoms with E-state index in [4.69, 9.17) is 0 Å². The summed E-state index contributed by atoms with van der Waals surface area (Å²) in [6, 6.07) is 24.7. The Morgan fingerprint density at radius 2 is 1.65 bits per heavy atom. The van der Waals surface area contributed by atoms with Crippen molar-refractivity contribution in [2.75, 3.05) is 5.75 Å². The van der Waals surface area contributed by atoms with E-state index in [0.717, 1.165) is 17.6 Å². The van der Waals surface area contributed by atoms with Crippen LogP contribution in [0.2, 0.25) is 0 Å². The molecule has 6 nitrogen and oxygen atoms in total. The average Bonchev–Trinajstić information content (AvgIpc) is 3.31. The van der Waals surface area contributed by atoms with Crippen molar-refractivity contribution in [1.82, 2.24) is 19.2 Å². The Labute approximate surface area is 201 Å². The number of hydrogen-bond donors (Lipinski definition) is 0. The molecule has 0 spiro atoms. The number of rotatable bonds is 7. The van der Waals surface area contributed by atoms with Gasteiger partial charge < -0.3 is 0 Å². The highest BCUT2D eigenvalue weighted by molar-refractivity contribution is 7.99. The Morgan fingerprint density at radius 1 is 0.941 bits per heavy atom. The maximum absolute atomic E-state index is 13.5. The van der Waals surface area contributed by atoms with Crippen molar-refractivity contribution in [2.24, 2.45) is 0 Å². The van der Waals surface area contributed by atoms with E-state index in [2.05, 4.69) is 36.2 Å². The number of Topliss-reactive ketones (excluding diaryl/α,β-unsaturated/α-hetero) is 1. The number of hydrogen-bond acceptors (Lipinski definition) is 5. The molecule has 1 atom stereocenters. The van der Waals surface area contributed by atoms with Crippen molar-refractivity contribution < 1.29 is 4.79 Å². The first-order chi connectivity index (χ1) is 16.6. The molecule has 0 aliphatic rings. The highest BCUT2D eigenvalue weighted by atomic mass is 32.2. The van der Waals surface area contributed by atoms with Gasteiger partial charge in [0.05, 0.1) is 22.3 Å². The molecule has 0 aliphatic carbocycles. The van der Waals surface area contributed by atoms with Gasteiger partial charge in [0, 0.05) is 5.56 Å². The van der Waals surface area contributed by atoms with Crippen LogP contribution in [-0.4, -0.2) is 30.7 Å². The highest BCUT2D eigenvalue weighted by Gasteiger charge is 2.19. The van der Waals surface area contributed by atoms with Gasteiger partial charge in [-0.1, -0.05) is 80.2 Å². The van der Waals surface area contributed by atoms with Gasteiger partial charge in [0.25, 0.3) is 5.56 Å². The molecule has 2 aromatic heterocycles. The lowest BCUT2D eigenvalue weighted by Crippen LogP contribution is -2.22. The molecular formula is C27H24N4O2S. The van der Waals surface area contributed by atoms with Crippen LogP contribution in [0.1, 0.15) is 42.1 Å². The van der Waals surface area contributed by atoms with E-state index in [1.54, 1.807) is 16.7 Å². The summed E-state index contributed by atoms with van der Waals surface area (Å²) in [7, 11) is 0. The zero-order valence-electron chi connectivity index (χ0n) is 19.0. The third kappa shape index (κ3) is 3.92. The molecule has 0 fully saturated rings. The van der Waals surface area contributed by atoms with Gasteiger partial charge in [-0.25, -0.2) is 4.57 Å². The fourth-order valence-corrected chi connectivity index (χ4v) is 4.86. The van der Waals surface area contributed by atoms with Crippen LogP contribution >= 0.6 is 11.8 Å². The molecule has 5 rings (SSSR count). The quantitative estimate of drug-likeness (QED) is 0.232. The number of thioether (sulfide) groups is 1. The Morgan fingerprint density at radius 3 is 2.38 bits per heavy atom. The molecule has 2 heterocycles. The van der Waals surface area contributed by atoms with Gasteiger partial charge in [-0.15, -0.1) is 10.2 Å². The Balaban J connectivity index is 1.61. The second-order valence-corrected chi connectivity index (χ2v) is 9.20. The number of fused-ring (bicyclic) bond motifs is 3. The van der Waals surface area contributed by atoms with E-state index < -0.39 is 0 Å². The lowest BCUT2D eigenvalue weighted by Gasteiger charge is -2.13. The van der Waals surface area contributed by atoms with Gasteiger partial charge >= 0.3 is 0 Å². The smallest absolute Gasteiger partial charge is 0.267 e. The van der Waals surface area contributed by atoms with Crippen molar-refractivity contribution in [2.45, 2.75) is 31.3 Å². The fourth-order valence-electron chi connectivity index (χ4n) is 4.03. The van der Waals surface area contributed by atoms with Crippen LogP contribution in [0.4, 0.5) is 0 Å². The second-order valence-electron chi connectivity index (χ2n) is 8.25. The second kappa shape index (κ2) is 9.27. The van der Waals surface area contributed by atoms with Crippen LogP contribution in [0.25, 0.3) is 22.4 Å². The maximum atomic E-state index is 13.5. The molecule has 3 aromatic carbocycles. The summed E-state index contributed by atoms with van der Waals surface area (Å²) in [5.41, 5.74) is 3.19. The van der Waals surface area contributed by atoms with Crippen molar-refractivity contribution in [3.63, 3.8) is 0 Å². The standard InChI is InChI=1S/C27H24N4O2S/c1-3-18(2)19-13-15-21(16-14-19)30-25(33)22-11-7-8-12-23(22)31-26(30)28-29-27(31)34-17-24(32)20-9-5-4-6-10-20/h4-16,18H,3,17H2,1-2H3. The van der Waals surface area contributed by atoms with Crippen molar-refractivity contribution in [3.8, 4) is 5.69 Å². The molecule has 0 amide bonds. The van der Waals surface area contributed by atoms with Crippen LogP contribution in [0.5, 0.6) is 0 Å². The Hall–Kier alpha value is -3.71. The third-order valence-corrected chi connectivity index (χ3v) is 7.08. The van der Waals surface area contributed by atoms with Gasteiger partial charge in [-0.3, -0.25) is 14.0 Å². The molecule has 34 heavy (non-hydrogen) atoms. The predicted octanol–water partition coefficient (Wildman–Crippen LogP) is 5.52. The molecule has 1 unspecified atom stereocenters. The van der Waals surface area contributed by atoms with Gasteiger partial charge in [0.15, 0.2) is 10.9 Å². The first kappa shape index (κ1) is 22.1. The number of benzene rings is 3. The number of carbonyl (C=O) groups is 1. The number of carbonyl (C=O) groups excluding carboxylic acids is 1. The molecule has 5 aromatic rings. The summed E-state index contributed by atoms with van der Waals surface area (Å²) in [4.78, 5) is 26.2. The van der Waals surface area contributed by atoms with E-state index in [0.29, 0.717) is 27.8 Å². The minimum atomic E-state index is -0.149. The first-order valence-corrected chi connectivity index (χ1v) is 12.3. The third-order valence-electron chi connectivity index (χ3n) is 6.16. The predicted molar refractivity (Wildman–Crippen MR) is 136 cm³/mol. The molecule has 0 saturated heterocycles. The molecule has 170 valence electrons. The Kier molecular flexibility index (Phi) is 6.02. The summed E-state index contributed by atoms with van der Waals surface area (Å²) in [6.45, 7) is 4.35.